The summed E-state index contributed by atoms with van der Waals surface area (Å²) >= 11 is 0. The van der Waals surface area contributed by atoms with Crippen LogP contribution < -0.4 is 9.47 Å². The monoisotopic (exact) mass is 394 g/mol. The van der Waals surface area contributed by atoms with E-state index >= 15 is 0 Å². The van der Waals surface area contributed by atoms with Crippen LogP contribution in [0.5, 0.6) is 11.5 Å². The Morgan fingerprint density at radius 3 is 2.24 bits per heavy atom. The first-order chi connectivity index (χ1) is 14.0. The molecule has 0 N–H and O–H groups in total. The molecular formula is C27H38O2. The number of allylic oxidation sites excluding steroid dienone is 3. The number of hydrogen-bond donors (Lipinski definition) is 0. The Morgan fingerprint density at radius 1 is 1.10 bits per heavy atom. The van der Waals surface area contributed by atoms with Gasteiger partial charge in [0.2, 0.25) is 0 Å². The average Bonchev–Trinajstić information content (AvgIpc) is 2.70. The maximum absolute atomic E-state index is 6.19. The Kier molecular flexibility index (Phi) is 9.31. The van der Waals surface area contributed by atoms with Crippen LogP contribution in [0.2, 0.25) is 0 Å². The summed E-state index contributed by atoms with van der Waals surface area (Å²) in [5.41, 5.74) is 5.04. The van der Waals surface area contributed by atoms with Crippen molar-refractivity contribution in [2.45, 2.75) is 65.2 Å². The van der Waals surface area contributed by atoms with Gasteiger partial charge in [-0.25, -0.2) is 0 Å². The Bertz CT molecular complexity index is 708. The van der Waals surface area contributed by atoms with Crippen LogP contribution in [0, 0.1) is 5.92 Å². The molecule has 2 heteroatoms. The zero-order valence-corrected chi connectivity index (χ0v) is 18.6. The second-order valence-electron chi connectivity index (χ2n) is 8.19. The first-order valence-corrected chi connectivity index (χ1v) is 11.0. The molecule has 1 aromatic rings. The minimum atomic E-state index is 0.213. The van der Waals surface area contributed by atoms with Crippen LogP contribution in [-0.4, -0.2) is 13.2 Å². The summed E-state index contributed by atoms with van der Waals surface area (Å²) in [4.78, 5) is 0. The molecule has 0 aliphatic heterocycles. The highest BCUT2D eigenvalue weighted by molar-refractivity contribution is 5.53. The summed E-state index contributed by atoms with van der Waals surface area (Å²) in [6.07, 6.45) is 12.9. The molecule has 1 aliphatic carbocycles. The lowest BCUT2D eigenvalue weighted by atomic mass is 9.73. The van der Waals surface area contributed by atoms with Gasteiger partial charge in [0.05, 0.1) is 0 Å². The smallest absolute Gasteiger partial charge is 0.127 e. The molecule has 2 nitrogen and oxygen atoms in total. The molecule has 2 atom stereocenters. The highest BCUT2D eigenvalue weighted by atomic mass is 16.5. The van der Waals surface area contributed by atoms with Crippen molar-refractivity contribution in [1.82, 2.24) is 0 Å². The molecule has 1 aromatic carbocycles. The fraction of sp³-hybridized carbons (Fsp3) is 0.481. The largest absolute Gasteiger partial charge is 0.489 e. The van der Waals surface area contributed by atoms with Gasteiger partial charge in [0.25, 0.3) is 0 Å². The van der Waals surface area contributed by atoms with Gasteiger partial charge in [-0.05, 0) is 63.1 Å². The Labute approximate surface area is 178 Å². The first kappa shape index (κ1) is 23.1. The normalized spacial score (nSPS) is 18.7. The molecule has 0 heterocycles. The van der Waals surface area contributed by atoms with Crippen molar-refractivity contribution in [1.29, 1.82) is 0 Å². The van der Waals surface area contributed by atoms with E-state index in [4.69, 9.17) is 9.47 Å². The van der Waals surface area contributed by atoms with Gasteiger partial charge in [0.1, 0.15) is 24.7 Å². The molecule has 0 amide bonds. The van der Waals surface area contributed by atoms with E-state index in [0.29, 0.717) is 19.1 Å². The lowest BCUT2D eigenvalue weighted by molar-refractivity contribution is 0.327. The van der Waals surface area contributed by atoms with Gasteiger partial charge in [-0.15, -0.1) is 0 Å². The van der Waals surface area contributed by atoms with Gasteiger partial charge in [-0.1, -0.05) is 68.9 Å². The number of unbranched alkanes of at least 4 members (excludes halogenated alkanes) is 2. The van der Waals surface area contributed by atoms with Crippen molar-refractivity contribution in [3.8, 4) is 11.5 Å². The Hall–Kier alpha value is -2.22. The third kappa shape index (κ3) is 6.39. The quantitative estimate of drug-likeness (QED) is 0.269. The summed E-state index contributed by atoms with van der Waals surface area (Å²) < 4.78 is 12.4. The molecular weight excluding hydrogens is 356 g/mol. The predicted octanol–water partition coefficient (Wildman–Crippen LogP) is 7.56. The Morgan fingerprint density at radius 2 is 1.72 bits per heavy atom. The van der Waals surface area contributed by atoms with E-state index in [0.717, 1.165) is 36.3 Å². The van der Waals surface area contributed by atoms with Crippen molar-refractivity contribution in [3.63, 3.8) is 0 Å². The molecule has 0 radical (unpaired) electrons. The van der Waals surface area contributed by atoms with Crippen LogP contribution in [0.1, 0.15) is 69.9 Å². The molecule has 2 rings (SSSR count). The molecule has 29 heavy (non-hydrogen) atoms. The summed E-state index contributed by atoms with van der Waals surface area (Å²) in [7, 11) is 0. The van der Waals surface area contributed by atoms with Gasteiger partial charge in [0.15, 0.2) is 0 Å². The molecule has 1 aliphatic rings. The van der Waals surface area contributed by atoms with E-state index in [1.807, 2.05) is 0 Å². The zero-order chi connectivity index (χ0) is 21.2. The molecule has 0 saturated heterocycles. The number of ether oxygens (including phenoxy) is 2. The standard InChI is InChI=1S/C27H38O2/c1-7-10-11-12-22-18-25(28-15-8-2)27(26(19-22)29-16-9-3)24-17-21(6)13-14-23(24)20(4)5/h8-9,17-19,23-24H,2-4,7,10-16H2,1,5-6H3/t23-,24+/m0/s1. The zero-order valence-electron chi connectivity index (χ0n) is 18.6. The molecule has 158 valence electrons. The second-order valence-corrected chi connectivity index (χ2v) is 8.19. The van der Waals surface area contributed by atoms with Gasteiger partial charge >= 0.3 is 0 Å². The van der Waals surface area contributed by atoms with Gasteiger partial charge < -0.3 is 9.47 Å². The van der Waals surface area contributed by atoms with E-state index < -0.39 is 0 Å². The van der Waals surface area contributed by atoms with E-state index in [1.165, 1.54) is 36.0 Å². The highest BCUT2D eigenvalue weighted by Gasteiger charge is 2.31. The molecule has 0 spiro atoms. The van der Waals surface area contributed by atoms with Crippen molar-refractivity contribution in [3.05, 3.63) is 72.4 Å². The maximum atomic E-state index is 6.19. The maximum Gasteiger partial charge on any atom is 0.127 e. The molecule has 0 unspecified atom stereocenters. The van der Waals surface area contributed by atoms with Gasteiger partial charge in [-0.3, -0.25) is 0 Å². The van der Waals surface area contributed by atoms with Crippen molar-refractivity contribution in [2.75, 3.05) is 13.2 Å². The van der Waals surface area contributed by atoms with E-state index in [2.05, 4.69) is 58.7 Å². The summed E-state index contributed by atoms with van der Waals surface area (Å²) in [5.74, 6) is 2.44. The third-order valence-corrected chi connectivity index (χ3v) is 5.66. The first-order valence-electron chi connectivity index (χ1n) is 11.0. The van der Waals surface area contributed by atoms with Crippen LogP contribution >= 0.6 is 0 Å². The average molecular weight is 395 g/mol. The van der Waals surface area contributed by atoms with Crippen molar-refractivity contribution >= 4 is 0 Å². The van der Waals surface area contributed by atoms with Gasteiger partial charge in [0, 0.05) is 11.5 Å². The fourth-order valence-electron chi connectivity index (χ4n) is 4.15. The minimum absolute atomic E-state index is 0.213. The molecule has 0 aromatic heterocycles. The predicted molar refractivity (Wildman–Crippen MR) is 125 cm³/mol. The number of rotatable bonds is 12. The van der Waals surface area contributed by atoms with Crippen LogP contribution in [0.15, 0.2) is 61.2 Å². The van der Waals surface area contributed by atoms with Crippen molar-refractivity contribution in [2.24, 2.45) is 5.92 Å². The van der Waals surface area contributed by atoms with Crippen LogP contribution in [0.3, 0.4) is 0 Å². The van der Waals surface area contributed by atoms with Gasteiger partial charge in [-0.2, -0.15) is 0 Å². The highest BCUT2D eigenvalue weighted by Crippen LogP contribution is 2.47. The number of hydrogen-bond acceptors (Lipinski definition) is 2. The molecule has 0 fully saturated rings. The second kappa shape index (κ2) is 11.7. The summed E-state index contributed by atoms with van der Waals surface area (Å²) in [6.45, 7) is 19.5. The van der Waals surface area contributed by atoms with Crippen molar-refractivity contribution < 1.29 is 9.47 Å². The lowest BCUT2D eigenvalue weighted by Gasteiger charge is -2.33. The summed E-state index contributed by atoms with van der Waals surface area (Å²) in [5, 5.41) is 0. The number of benzene rings is 1. The topological polar surface area (TPSA) is 18.5 Å². The van der Waals surface area contributed by atoms with E-state index in [1.54, 1.807) is 12.2 Å². The third-order valence-electron chi connectivity index (χ3n) is 5.66. The number of aryl methyl sites for hydroxylation is 1. The fourth-order valence-corrected chi connectivity index (χ4v) is 4.15. The van der Waals surface area contributed by atoms with Crippen LogP contribution in [0.25, 0.3) is 0 Å². The van der Waals surface area contributed by atoms with Crippen LogP contribution in [0.4, 0.5) is 0 Å². The molecule has 0 saturated carbocycles. The molecule has 0 bridgehead atoms. The van der Waals surface area contributed by atoms with Crippen LogP contribution in [-0.2, 0) is 6.42 Å². The summed E-state index contributed by atoms with van der Waals surface area (Å²) in [6, 6.07) is 4.42. The van der Waals surface area contributed by atoms with E-state index in [-0.39, 0.29) is 5.92 Å². The van der Waals surface area contributed by atoms with E-state index in [9.17, 15) is 0 Å². The SMILES string of the molecule is C=CCOc1cc(CCCCC)cc(OCC=C)c1[C@@H]1C=C(C)CC[C@H]1C(=C)C. The minimum Gasteiger partial charge on any atom is -0.489 e. The Balaban J connectivity index is 2.57. The lowest BCUT2D eigenvalue weighted by Crippen LogP contribution is -2.19.